The first kappa shape index (κ1) is 21.1. The van der Waals surface area contributed by atoms with Crippen LogP contribution in [0.1, 0.15) is 6.42 Å². The van der Waals surface area contributed by atoms with Crippen molar-refractivity contribution >= 4 is 81.2 Å². The third-order valence-corrected chi connectivity index (χ3v) is 2.48. The summed E-state index contributed by atoms with van der Waals surface area (Å²) in [6, 6.07) is 0. The normalized spacial score (nSPS) is 14.0. The Hall–Kier alpha value is 0.810. The summed E-state index contributed by atoms with van der Waals surface area (Å²) in [5.41, 5.74) is 4.70. The minimum absolute atomic E-state index is 0. The van der Waals surface area contributed by atoms with Crippen molar-refractivity contribution in [2.75, 3.05) is 0 Å². The molecule has 0 heterocycles. The van der Waals surface area contributed by atoms with Crippen LogP contribution in [0.3, 0.4) is 0 Å². The minimum atomic E-state index is -5.16. The second-order valence-electron chi connectivity index (χ2n) is 2.24. The molecule has 0 saturated heterocycles. The van der Waals surface area contributed by atoms with E-state index in [9.17, 15) is 18.0 Å². The largest absolute Gasteiger partial charge is 0.481 e. The Bertz CT molecular complexity index is 341. The van der Waals surface area contributed by atoms with E-state index in [0.29, 0.717) is 0 Å². The van der Waals surface area contributed by atoms with Crippen molar-refractivity contribution in [1.29, 1.82) is 0 Å². The van der Waals surface area contributed by atoms with Gasteiger partial charge in [-0.05, 0) is 0 Å². The quantitative estimate of drug-likeness (QED) is 0.314. The summed E-state index contributed by atoms with van der Waals surface area (Å²) >= 11 is 0. The maximum atomic E-state index is 10.4. The van der Waals surface area contributed by atoms with Gasteiger partial charge >= 0.3 is 11.9 Å². The number of aliphatic carboxylic acids is 2. The van der Waals surface area contributed by atoms with E-state index in [-0.39, 0.29) is 59.1 Å². The SMILES string of the molecule is NC(CC(=O)O)(C(=O)O)S(=O)(=O)O.[Na].[Na]. The van der Waals surface area contributed by atoms with Crippen LogP contribution < -0.4 is 5.73 Å². The summed E-state index contributed by atoms with van der Waals surface area (Å²) in [4.78, 5) is 17.1. The fraction of sp³-hybridized carbons (Fsp3) is 0.500. The molecule has 0 saturated carbocycles. The van der Waals surface area contributed by atoms with Crippen molar-refractivity contribution in [3.8, 4) is 0 Å². The van der Waals surface area contributed by atoms with Gasteiger partial charge < -0.3 is 15.9 Å². The monoisotopic (exact) mass is 259 g/mol. The van der Waals surface area contributed by atoms with Crippen LogP contribution in [0.5, 0.6) is 0 Å². The summed E-state index contributed by atoms with van der Waals surface area (Å²) in [5.74, 6) is -3.88. The third kappa shape index (κ3) is 5.61. The number of hydrogen-bond donors (Lipinski definition) is 4. The number of rotatable bonds is 4. The van der Waals surface area contributed by atoms with Gasteiger partial charge in [0.05, 0.1) is 6.42 Å². The van der Waals surface area contributed by atoms with Gasteiger partial charge in [-0.15, -0.1) is 0 Å². The summed E-state index contributed by atoms with van der Waals surface area (Å²) in [5, 5.41) is 16.4. The van der Waals surface area contributed by atoms with E-state index in [4.69, 9.17) is 20.5 Å². The summed E-state index contributed by atoms with van der Waals surface area (Å²) in [7, 11) is -5.16. The van der Waals surface area contributed by atoms with Gasteiger partial charge in [0.25, 0.3) is 15.0 Å². The molecule has 2 radical (unpaired) electrons. The smallest absolute Gasteiger partial charge is 0.342 e. The van der Waals surface area contributed by atoms with Gasteiger partial charge in [-0.3, -0.25) is 9.35 Å². The Morgan fingerprint density at radius 3 is 1.60 bits per heavy atom. The maximum Gasteiger partial charge on any atom is 0.342 e. The average Bonchev–Trinajstić information content (AvgIpc) is 1.82. The molecule has 0 bridgehead atoms. The first-order valence-electron chi connectivity index (χ1n) is 2.82. The van der Waals surface area contributed by atoms with Crippen LogP contribution in [0.2, 0.25) is 0 Å². The van der Waals surface area contributed by atoms with E-state index in [1.807, 2.05) is 0 Å². The molecule has 0 fully saturated rings. The van der Waals surface area contributed by atoms with Gasteiger partial charge in [0.2, 0.25) is 0 Å². The molecule has 1 unspecified atom stereocenters. The van der Waals surface area contributed by atoms with E-state index >= 15 is 0 Å². The zero-order valence-electron chi connectivity index (χ0n) is 8.17. The van der Waals surface area contributed by atoms with Crippen LogP contribution >= 0.6 is 0 Å². The summed E-state index contributed by atoms with van der Waals surface area (Å²) in [6.07, 6.45) is -1.42. The topological polar surface area (TPSA) is 155 Å². The molecule has 0 aromatic carbocycles. The zero-order chi connectivity index (χ0) is 10.9. The number of carbonyl (C=O) groups is 2. The predicted octanol–water partition coefficient (Wildman–Crippen LogP) is -2.67. The van der Waals surface area contributed by atoms with E-state index in [2.05, 4.69) is 0 Å². The van der Waals surface area contributed by atoms with Crippen molar-refractivity contribution in [3.05, 3.63) is 0 Å². The molecule has 5 N–H and O–H groups in total. The molecular weight excluding hydrogens is 252 g/mol. The molecule has 0 aromatic heterocycles. The fourth-order valence-electron chi connectivity index (χ4n) is 0.502. The minimum Gasteiger partial charge on any atom is -0.481 e. The maximum absolute atomic E-state index is 10.4. The Labute approximate surface area is 130 Å². The predicted molar refractivity (Wildman–Crippen MR) is 49.9 cm³/mol. The first-order valence-corrected chi connectivity index (χ1v) is 4.26. The summed E-state index contributed by atoms with van der Waals surface area (Å²) < 4.78 is 29.2. The Morgan fingerprint density at radius 1 is 1.20 bits per heavy atom. The van der Waals surface area contributed by atoms with Crippen LogP contribution in [-0.2, 0) is 19.7 Å². The van der Waals surface area contributed by atoms with Crippen molar-refractivity contribution in [2.24, 2.45) is 5.73 Å². The Morgan fingerprint density at radius 2 is 1.53 bits per heavy atom. The molecule has 1 atom stereocenters. The van der Waals surface area contributed by atoms with Crippen molar-refractivity contribution in [1.82, 2.24) is 0 Å². The first-order chi connectivity index (χ1) is 5.61. The molecule has 0 rings (SSSR count). The Balaban J connectivity index is -0.000000720. The number of hydrogen-bond acceptors (Lipinski definition) is 5. The molecule has 0 aliphatic carbocycles. The van der Waals surface area contributed by atoms with Crippen molar-refractivity contribution in [3.63, 3.8) is 0 Å². The van der Waals surface area contributed by atoms with E-state index < -0.39 is 33.3 Å². The van der Waals surface area contributed by atoms with Gasteiger partial charge in [-0.25, -0.2) is 4.79 Å². The fourth-order valence-corrected chi connectivity index (χ4v) is 1.03. The van der Waals surface area contributed by atoms with Crippen LogP contribution in [0.4, 0.5) is 0 Å². The van der Waals surface area contributed by atoms with Gasteiger partial charge in [-0.1, -0.05) is 0 Å². The van der Waals surface area contributed by atoms with Crippen molar-refractivity contribution in [2.45, 2.75) is 11.3 Å². The van der Waals surface area contributed by atoms with Gasteiger partial charge in [0, 0.05) is 59.1 Å². The second kappa shape index (κ2) is 7.20. The zero-order valence-corrected chi connectivity index (χ0v) is 13.0. The third-order valence-electron chi connectivity index (χ3n) is 1.24. The molecule has 8 nitrogen and oxygen atoms in total. The number of carboxylic acid groups (broad SMARTS) is 2. The number of carboxylic acids is 2. The van der Waals surface area contributed by atoms with Crippen LogP contribution in [0.15, 0.2) is 0 Å². The molecule has 0 aliphatic heterocycles. The van der Waals surface area contributed by atoms with Crippen LogP contribution in [-0.4, -0.2) is 99.1 Å². The average molecular weight is 259 g/mol. The van der Waals surface area contributed by atoms with Gasteiger partial charge in [-0.2, -0.15) is 8.42 Å². The molecule has 0 aliphatic rings. The van der Waals surface area contributed by atoms with Gasteiger partial charge in [0.15, 0.2) is 0 Å². The van der Waals surface area contributed by atoms with Crippen molar-refractivity contribution < 1.29 is 32.8 Å². The molecule has 78 valence electrons. The van der Waals surface area contributed by atoms with E-state index in [1.165, 1.54) is 0 Å². The number of nitrogens with two attached hydrogens (primary N) is 1. The Kier molecular flexibility index (Phi) is 10.1. The second-order valence-corrected chi connectivity index (χ2v) is 3.92. The summed E-state index contributed by atoms with van der Waals surface area (Å²) in [6.45, 7) is 0. The van der Waals surface area contributed by atoms with Gasteiger partial charge in [0.1, 0.15) is 0 Å². The standard InChI is InChI=1S/C4H7NO7S.2Na/c5-4(3(8)9,1-2(6)7)13(10,11)12;;/h1,5H2,(H,6,7)(H,8,9)(H,10,11,12);;. The molecule has 0 aromatic rings. The van der Waals surface area contributed by atoms with E-state index in [1.54, 1.807) is 0 Å². The van der Waals surface area contributed by atoms with Crippen LogP contribution in [0, 0.1) is 0 Å². The van der Waals surface area contributed by atoms with E-state index in [0.717, 1.165) is 0 Å². The molecule has 15 heavy (non-hydrogen) atoms. The molecular formula is C4H7NNa2O7S. The molecule has 0 spiro atoms. The molecule has 0 amide bonds. The van der Waals surface area contributed by atoms with Crippen LogP contribution in [0.25, 0.3) is 0 Å². The molecule has 11 heteroatoms.